The van der Waals surface area contributed by atoms with E-state index < -0.39 is 0 Å². The first-order chi connectivity index (χ1) is 10.0. The van der Waals surface area contributed by atoms with Gasteiger partial charge in [-0.15, -0.1) is 0 Å². The first-order valence-electron chi connectivity index (χ1n) is 6.95. The van der Waals surface area contributed by atoms with E-state index >= 15 is 0 Å². The zero-order valence-corrected chi connectivity index (χ0v) is 12.7. The summed E-state index contributed by atoms with van der Waals surface area (Å²) in [4.78, 5) is 14.3. The summed E-state index contributed by atoms with van der Waals surface area (Å²) >= 11 is 0. The minimum atomic E-state index is -0.311. The lowest BCUT2D eigenvalue weighted by atomic mass is 9.82. The molecular formula is C16H20N2O3. The van der Waals surface area contributed by atoms with Crippen molar-refractivity contribution in [2.24, 2.45) is 5.41 Å². The summed E-state index contributed by atoms with van der Waals surface area (Å²) in [5, 5.41) is 9.13. The highest BCUT2D eigenvalue weighted by Gasteiger charge is 2.32. The van der Waals surface area contributed by atoms with Crippen LogP contribution < -0.4 is 9.47 Å². The first kappa shape index (κ1) is 15.2. The highest BCUT2D eigenvalue weighted by Crippen LogP contribution is 2.32. The number of methoxy groups -OCH3 is 2. The molecule has 0 aliphatic carbocycles. The second-order valence-electron chi connectivity index (χ2n) is 5.53. The third-order valence-electron chi connectivity index (χ3n) is 4.05. The third kappa shape index (κ3) is 3.10. The Balaban J connectivity index is 2.13. The van der Waals surface area contributed by atoms with E-state index in [0.29, 0.717) is 43.0 Å². The summed E-state index contributed by atoms with van der Waals surface area (Å²) in [5.74, 6) is 1.11. The molecule has 1 aromatic rings. The van der Waals surface area contributed by atoms with Gasteiger partial charge in [-0.2, -0.15) is 5.26 Å². The summed E-state index contributed by atoms with van der Waals surface area (Å²) in [6.07, 6.45) is 1.42. The predicted molar refractivity (Wildman–Crippen MR) is 78.4 cm³/mol. The summed E-state index contributed by atoms with van der Waals surface area (Å²) in [6, 6.07) is 7.50. The number of carbonyl (C=O) groups is 1. The van der Waals surface area contributed by atoms with Crippen LogP contribution in [0.3, 0.4) is 0 Å². The van der Waals surface area contributed by atoms with Crippen LogP contribution in [0, 0.1) is 16.7 Å². The number of amides is 1. The highest BCUT2D eigenvalue weighted by molar-refractivity contribution is 5.95. The molecule has 5 heteroatoms. The average Bonchev–Trinajstić information content (AvgIpc) is 2.54. The van der Waals surface area contributed by atoms with E-state index in [-0.39, 0.29) is 11.3 Å². The maximum atomic E-state index is 12.5. The molecule has 0 saturated carbocycles. The van der Waals surface area contributed by atoms with Crippen LogP contribution in [0.1, 0.15) is 30.1 Å². The van der Waals surface area contributed by atoms with Crippen molar-refractivity contribution in [3.63, 3.8) is 0 Å². The van der Waals surface area contributed by atoms with Crippen LogP contribution in [0.4, 0.5) is 0 Å². The molecule has 0 spiro atoms. The quantitative estimate of drug-likeness (QED) is 0.857. The molecule has 1 aliphatic rings. The number of piperidine rings is 1. The number of rotatable bonds is 3. The van der Waals surface area contributed by atoms with Crippen LogP contribution in [0.15, 0.2) is 18.2 Å². The number of benzene rings is 1. The molecule has 0 aromatic heterocycles. The number of hydrogen-bond donors (Lipinski definition) is 0. The molecule has 1 heterocycles. The Morgan fingerprint density at radius 1 is 1.24 bits per heavy atom. The average molecular weight is 288 g/mol. The van der Waals surface area contributed by atoms with Crippen molar-refractivity contribution >= 4 is 5.91 Å². The van der Waals surface area contributed by atoms with Gasteiger partial charge in [-0.25, -0.2) is 0 Å². The molecule has 1 fully saturated rings. The molecule has 1 amide bonds. The van der Waals surface area contributed by atoms with E-state index in [1.54, 1.807) is 37.3 Å². The van der Waals surface area contributed by atoms with Crippen LogP contribution >= 0.6 is 0 Å². The highest BCUT2D eigenvalue weighted by atomic mass is 16.5. The maximum absolute atomic E-state index is 12.5. The van der Waals surface area contributed by atoms with E-state index in [1.165, 1.54) is 0 Å². The van der Waals surface area contributed by atoms with Crippen molar-refractivity contribution in [1.29, 1.82) is 5.26 Å². The van der Waals surface area contributed by atoms with E-state index in [1.807, 2.05) is 6.92 Å². The molecule has 0 radical (unpaired) electrons. The molecule has 0 unspecified atom stereocenters. The van der Waals surface area contributed by atoms with Gasteiger partial charge in [0.1, 0.15) is 0 Å². The van der Waals surface area contributed by atoms with Crippen molar-refractivity contribution in [1.82, 2.24) is 4.90 Å². The number of nitrogens with zero attached hydrogens (tertiary/aromatic N) is 2. The zero-order chi connectivity index (χ0) is 15.5. The number of likely N-dealkylation sites (tertiary alicyclic amines) is 1. The minimum absolute atomic E-state index is 0.0315. The molecule has 112 valence electrons. The topological polar surface area (TPSA) is 62.6 Å². The van der Waals surface area contributed by atoms with Gasteiger partial charge >= 0.3 is 0 Å². The molecule has 0 atom stereocenters. The van der Waals surface area contributed by atoms with Gasteiger partial charge in [0, 0.05) is 18.7 Å². The number of ether oxygens (including phenoxy) is 2. The second-order valence-corrected chi connectivity index (χ2v) is 5.53. The summed E-state index contributed by atoms with van der Waals surface area (Å²) in [7, 11) is 3.11. The van der Waals surface area contributed by atoms with Gasteiger partial charge in [-0.3, -0.25) is 4.79 Å². The van der Waals surface area contributed by atoms with Gasteiger partial charge in [0.25, 0.3) is 5.91 Å². The summed E-state index contributed by atoms with van der Waals surface area (Å²) in [5.41, 5.74) is 0.266. The lowest BCUT2D eigenvalue weighted by Gasteiger charge is -2.35. The Hall–Kier alpha value is -2.22. The Labute approximate surface area is 125 Å². The van der Waals surface area contributed by atoms with E-state index in [0.717, 1.165) is 0 Å². The summed E-state index contributed by atoms with van der Waals surface area (Å²) < 4.78 is 10.4. The van der Waals surface area contributed by atoms with Gasteiger partial charge in [0.2, 0.25) is 0 Å². The van der Waals surface area contributed by atoms with Crippen LogP contribution in [0.2, 0.25) is 0 Å². The minimum Gasteiger partial charge on any atom is -0.493 e. The maximum Gasteiger partial charge on any atom is 0.253 e. The van der Waals surface area contributed by atoms with Crippen LogP contribution in [-0.2, 0) is 0 Å². The van der Waals surface area contributed by atoms with Crippen molar-refractivity contribution in [2.45, 2.75) is 19.8 Å². The van der Waals surface area contributed by atoms with Gasteiger partial charge in [0.05, 0.1) is 25.7 Å². The molecule has 0 N–H and O–H groups in total. The Bertz CT molecular complexity index is 569. The SMILES string of the molecule is COc1ccc(C(=O)N2CCC(C)(C#N)CC2)cc1OC. The monoisotopic (exact) mass is 288 g/mol. The zero-order valence-electron chi connectivity index (χ0n) is 12.7. The van der Waals surface area contributed by atoms with Gasteiger partial charge in [0.15, 0.2) is 11.5 Å². The molecule has 2 rings (SSSR count). The molecule has 21 heavy (non-hydrogen) atoms. The van der Waals surface area contributed by atoms with Crippen LogP contribution in [-0.4, -0.2) is 38.1 Å². The van der Waals surface area contributed by atoms with Crippen LogP contribution in [0.5, 0.6) is 11.5 Å². The van der Waals surface area contributed by atoms with Crippen molar-refractivity contribution in [2.75, 3.05) is 27.3 Å². The standard InChI is InChI=1S/C16H20N2O3/c1-16(11-17)6-8-18(9-7-16)15(19)12-4-5-13(20-2)14(10-12)21-3/h4-5,10H,6-9H2,1-3H3. The van der Waals surface area contributed by atoms with Gasteiger partial charge in [-0.1, -0.05) is 0 Å². The smallest absolute Gasteiger partial charge is 0.253 e. The molecule has 1 aliphatic heterocycles. The van der Waals surface area contributed by atoms with Crippen molar-refractivity contribution < 1.29 is 14.3 Å². The van der Waals surface area contributed by atoms with Gasteiger partial charge < -0.3 is 14.4 Å². The fraction of sp³-hybridized carbons (Fsp3) is 0.500. The van der Waals surface area contributed by atoms with Crippen molar-refractivity contribution in [3.05, 3.63) is 23.8 Å². The van der Waals surface area contributed by atoms with E-state index in [9.17, 15) is 4.79 Å². The fourth-order valence-electron chi connectivity index (χ4n) is 2.47. The Morgan fingerprint density at radius 2 is 1.86 bits per heavy atom. The second kappa shape index (κ2) is 6.04. The lowest BCUT2D eigenvalue weighted by Crippen LogP contribution is -2.41. The number of nitriles is 1. The number of hydrogen-bond acceptors (Lipinski definition) is 4. The molecule has 1 saturated heterocycles. The van der Waals surface area contributed by atoms with Gasteiger partial charge in [-0.05, 0) is 38.0 Å². The normalized spacial score (nSPS) is 17.0. The number of carbonyl (C=O) groups excluding carboxylic acids is 1. The predicted octanol–water partition coefficient (Wildman–Crippen LogP) is 2.47. The molecule has 1 aromatic carbocycles. The lowest BCUT2D eigenvalue weighted by molar-refractivity contribution is 0.0661. The summed E-state index contributed by atoms with van der Waals surface area (Å²) in [6.45, 7) is 3.17. The van der Waals surface area contributed by atoms with E-state index in [2.05, 4.69) is 6.07 Å². The molecular weight excluding hydrogens is 268 g/mol. The Kier molecular flexibility index (Phi) is 4.37. The van der Waals surface area contributed by atoms with Crippen LogP contribution in [0.25, 0.3) is 0 Å². The van der Waals surface area contributed by atoms with Crippen molar-refractivity contribution in [3.8, 4) is 17.6 Å². The largest absolute Gasteiger partial charge is 0.493 e. The Morgan fingerprint density at radius 3 is 2.38 bits per heavy atom. The van der Waals surface area contributed by atoms with E-state index in [4.69, 9.17) is 14.7 Å². The first-order valence-corrected chi connectivity index (χ1v) is 6.95. The molecule has 0 bridgehead atoms. The third-order valence-corrected chi connectivity index (χ3v) is 4.05. The fourth-order valence-corrected chi connectivity index (χ4v) is 2.47. The molecule has 5 nitrogen and oxygen atoms in total.